The molecule has 28 heavy (non-hydrogen) atoms. The van der Waals surface area contributed by atoms with Gasteiger partial charge in [-0.25, -0.2) is 0 Å². The second-order valence-corrected chi connectivity index (χ2v) is 6.86. The summed E-state index contributed by atoms with van der Waals surface area (Å²) in [6.45, 7) is 1.27. The molecule has 0 saturated carbocycles. The van der Waals surface area contributed by atoms with Crippen molar-refractivity contribution in [3.8, 4) is 17.2 Å². The van der Waals surface area contributed by atoms with Crippen molar-refractivity contribution in [3.63, 3.8) is 0 Å². The van der Waals surface area contributed by atoms with Crippen LogP contribution in [0, 0.1) is 0 Å². The van der Waals surface area contributed by atoms with Crippen molar-refractivity contribution < 1.29 is 14.6 Å². The van der Waals surface area contributed by atoms with Crippen molar-refractivity contribution >= 4 is 5.71 Å². The minimum atomic E-state index is 0.275. The van der Waals surface area contributed by atoms with Crippen LogP contribution in [0.1, 0.15) is 22.3 Å². The van der Waals surface area contributed by atoms with E-state index in [9.17, 15) is 5.11 Å². The minimum Gasteiger partial charge on any atom is -0.508 e. The Balaban J connectivity index is 1.58. The number of fused-ring (bicyclic) bond motifs is 1. The molecule has 0 amide bonds. The second kappa shape index (κ2) is 8.17. The zero-order valence-electron chi connectivity index (χ0n) is 15.9. The first-order chi connectivity index (χ1) is 13.7. The fourth-order valence-corrected chi connectivity index (χ4v) is 3.44. The lowest BCUT2D eigenvalue weighted by Crippen LogP contribution is -2.16. The summed E-state index contributed by atoms with van der Waals surface area (Å²) in [5, 5.41) is 9.49. The average Bonchev–Trinajstić information content (AvgIpc) is 2.74. The van der Waals surface area contributed by atoms with Gasteiger partial charge in [0.25, 0.3) is 0 Å². The van der Waals surface area contributed by atoms with Crippen molar-refractivity contribution in [3.05, 3.63) is 89.0 Å². The van der Waals surface area contributed by atoms with Crippen LogP contribution in [0.25, 0.3) is 0 Å². The molecule has 3 aromatic rings. The van der Waals surface area contributed by atoms with Gasteiger partial charge in [-0.2, -0.15) is 0 Å². The molecule has 0 aliphatic carbocycles. The molecule has 4 heteroatoms. The van der Waals surface area contributed by atoms with Crippen molar-refractivity contribution in [2.24, 2.45) is 4.99 Å². The van der Waals surface area contributed by atoms with Gasteiger partial charge in [-0.05, 0) is 47.4 Å². The second-order valence-electron chi connectivity index (χ2n) is 6.86. The molecule has 1 heterocycles. The van der Waals surface area contributed by atoms with E-state index in [1.165, 1.54) is 5.56 Å². The van der Waals surface area contributed by atoms with E-state index in [1.807, 2.05) is 48.5 Å². The predicted octanol–water partition coefficient (Wildman–Crippen LogP) is 4.57. The standard InChI is InChI=1S/C24H23NO3/c1-27-23-15-21-19(14-24(23)28-16-18-5-3-2-4-6-18)11-12-25-22(21)13-17-7-9-20(26)10-8-17/h2-10,14-15,26H,11-13,16H2,1H3. The molecule has 1 N–H and O–H groups in total. The van der Waals surface area contributed by atoms with Crippen LogP contribution in [0.5, 0.6) is 17.2 Å². The number of aromatic hydroxyl groups is 1. The highest BCUT2D eigenvalue weighted by Gasteiger charge is 2.19. The fourth-order valence-electron chi connectivity index (χ4n) is 3.44. The van der Waals surface area contributed by atoms with E-state index in [-0.39, 0.29) is 5.75 Å². The Kier molecular flexibility index (Phi) is 5.29. The first-order valence-electron chi connectivity index (χ1n) is 9.42. The van der Waals surface area contributed by atoms with Gasteiger partial charge in [0.05, 0.1) is 7.11 Å². The van der Waals surface area contributed by atoms with Gasteiger partial charge in [-0.1, -0.05) is 42.5 Å². The molecule has 142 valence electrons. The maximum atomic E-state index is 9.49. The quantitative estimate of drug-likeness (QED) is 0.689. The van der Waals surface area contributed by atoms with Crippen LogP contribution in [0.2, 0.25) is 0 Å². The van der Waals surface area contributed by atoms with Gasteiger partial charge in [-0.3, -0.25) is 4.99 Å². The summed E-state index contributed by atoms with van der Waals surface area (Å²) in [6.07, 6.45) is 1.61. The number of aliphatic imine (C=N–C) groups is 1. The van der Waals surface area contributed by atoms with Gasteiger partial charge < -0.3 is 14.6 Å². The Labute approximate surface area is 165 Å². The predicted molar refractivity (Wildman–Crippen MR) is 111 cm³/mol. The number of ether oxygens (including phenoxy) is 2. The van der Waals surface area contributed by atoms with Crippen LogP contribution in [-0.2, 0) is 19.4 Å². The van der Waals surface area contributed by atoms with Crippen molar-refractivity contribution in [2.45, 2.75) is 19.4 Å². The normalized spacial score (nSPS) is 12.8. The molecule has 4 nitrogen and oxygen atoms in total. The van der Waals surface area contributed by atoms with Gasteiger partial charge in [0.2, 0.25) is 0 Å². The number of methoxy groups -OCH3 is 1. The summed E-state index contributed by atoms with van der Waals surface area (Å²) in [7, 11) is 1.66. The molecule has 0 bridgehead atoms. The minimum absolute atomic E-state index is 0.275. The van der Waals surface area contributed by atoms with Crippen molar-refractivity contribution in [2.75, 3.05) is 13.7 Å². The summed E-state index contributed by atoms with van der Waals surface area (Å²) >= 11 is 0. The largest absolute Gasteiger partial charge is 0.508 e. The van der Waals surface area contributed by atoms with E-state index in [1.54, 1.807) is 19.2 Å². The number of benzene rings is 3. The van der Waals surface area contributed by atoms with Crippen LogP contribution in [0.4, 0.5) is 0 Å². The van der Waals surface area contributed by atoms with Crippen LogP contribution < -0.4 is 9.47 Å². The monoisotopic (exact) mass is 373 g/mol. The molecule has 0 saturated heterocycles. The number of hydrogen-bond acceptors (Lipinski definition) is 4. The summed E-state index contributed by atoms with van der Waals surface area (Å²) < 4.78 is 11.7. The molecule has 3 aromatic carbocycles. The average molecular weight is 373 g/mol. The number of phenols is 1. The molecule has 1 aliphatic rings. The van der Waals surface area contributed by atoms with E-state index in [0.717, 1.165) is 53.3 Å². The zero-order chi connectivity index (χ0) is 19.3. The third-order valence-electron chi connectivity index (χ3n) is 4.93. The van der Waals surface area contributed by atoms with Gasteiger partial charge in [0.1, 0.15) is 12.4 Å². The molecular formula is C24H23NO3. The highest BCUT2D eigenvalue weighted by Crippen LogP contribution is 2.34. The lowest BCUT2D eigenvalue weighted by atomic mass is 9.93. The first kappa shape index (κ1) is 18.1. The number of rotatable bonds is 6. The molecule has 1 aliphatic heterocycles. The summed E-state index contributed by atoms with van der Waals surface area (Å²) in [5.74, 6) is 1.75. The Morgan fingerprint density at radius 3 is 2.46 bits per heavy atom. The lowest BCUT2D eigenvalue weighted by molar-refractivity contribution is 0.284. The summed E-state index contributed by atoms with van der Waals surface area (Å²) in [6, 6.07) is 21.5. The van der Waals surface area contributed by atoms with E-state index < -0.39 is 0 Å². The lowest BCUT2D eigenvalue weighted by Gasteiger charge is -2.20. The Morgan fingerprint density at radius 1 is 0.929 bits per heavy atom. The topological polar surface area (TPSA) is 51.0 Å². The fraction of sp³-hybridized carbons (Fsp3) is 0.208. The van der Waals surface area contributed by atoms with Crippen molar-refractivity contribution in [1.82, 2.24) is 0 Å². The SMILES string of the molecule is COc1cc2c(cc1OCc1ccccc1)CCN=C2Cc1ccc(O)cc1. The third kappa shape index (κ3) is 4.01. The smallest absolute Gasteiger partial charge is 0.161 e. The molecule has 0 radical (unpaired) electrons. The van der Waals surface area contributed by atoms with E-state index >= 15 is 0 Å². The van der Waals surface area contributed by atoms with E-state index in [0.29, 0.717) is 6.61 Å². The summed E-state index contributed by atoms with van der Waals surface area (Å²) in [5.41, 5.74) is 5.63. The molecule has 0 fully saturated rings. The number of nitrogens with zero attached hydrogens (tertiary/aromatic N) is 1. The molecule has 0 unspecified atom stereocenters. The molecular weight excluding hydrogens is 350 g/mol. The highest BCUT2D eigenvalue weighted by molar-refractivity contribution is 6.04. The first-order valence-corrected chi connectivity index (χ1v) is 9.42. The zero-order valence-corrected chi connectivity index (χ0v) is 15.9. The number of phenolic OH excluding ortho intramolecular Hbond substituents is 1. The van der Waals surface area contributed by atoms with E-state index in [4.69, 9.17) is 14.5 Å². The van der Waals surface area contributed by atoms with E-state index in [2.05, 4.69) is 6.07 Å². The highest BCUT2D eigenvalue weighted by atomic mass is 16.5. The Morgan fingerprint density at radius 2 is 1.71 bits per heavy atom. The Bertz CT molecular complexity index is 979. The van der Waals surface area contributed by atoms with Gasteiger partial charge in [0, 0.05) is 24.2 Å². The summed E-state index contributed by atoms with van der Waals surface area (Å²) in [4.78, 5) is 4.74. The van der Waals surface area contributed by atoms with Gasteiger partial charge in [-0.15, -0.1) is 0 Å². The third-order valence-corrected chi connectivity index (χ3v) is 4.93. The van der Waals surface area contributed by atoms with Crippen LogP contribution in [-0.4, -0.2) is 24.5 Å². The van der Waals surface area contributed by atoms with Crippen molar-refractivity contribution in [1.29, 1.82) is 0 Å². The molecule has 0 aromatic heterocycles. The van der Waals surface area contributed by atoms with Gasteiger partial charge >= 0.3 is 0 Å². The molecule has 0 spiro atoms. The van der Waals surface area contributed by atoms with Crippen LogP contribution in [0.15, 0.2) is 71.7 Å². The van der Waals surface area contributed by atoms with Gasteiger partial charge in [0.15, 0.2) is 11.5 Å². The Hall–Kier alpha value is -3.27. The molecule has 0 atom stereocenters. The number of hydrogen-bond donors (Lipinski definition) is 1. The van der Waals surface area contributed by atoms with Crippen LogP contribution in [0.3, 0.4) is 0 Å². The maximum Gasteiger partial charge on any atom is 0.161 e. The van der Waals surface area contributed by atoms with Crippen LogP contribution >= 0.6 is 0 Å². The molecule has 4 rings (SSSR count). The maximum absolute atomic E-state index is 9.49.